The van der Waals surface area contributed by atoms with Crippen molar-refractivity contribution in [3.05, 3.63) is 16.8 Å². The monoisotopic (exact) mass is 235 g/mol. The predicted molar refractivity (Wildman–Crippen MR) is 63.2 cm³/mol. The van der Waals surface area contributed by atoms with Crippen molar-refractivity contribution in [3.8, 4) is 11.5 Å². The van der Waals surface area contributed by atoms with Gasteiger partial charge in [0.2, 0.25) is 0 Å². The van der Waals surface area contributed by atoms with Gasteiger partial charge in [0.15, 0.2) is 5.82 Å². The number of aryl methyl sites for hydroxylation is 1. The number of anilines is 1. The van der Waals surface area contributed by atoms with E-state index in [4.69, 9.17) is 10.3 Å². The Kier molecular flexibility index (Phi) is 2.21. The van der Waals surface area contributed by atoms with E-state index in [0.717, 1.165) is 33.6 Å². The summed E-state index contributed by atoms with van der Waals surface area (Å²) in [5.41, 5.74) is 6.76. The third kappa shape index (κ3) is 1.82. The molecule has 84 valence electrons. The summed E-state index contributed by atoms with van der Waals surface area (Å²) in [5.74, 6) is 2.13. The molecule has 3 rings (SSSR count). The highest BCUT2D eigenvalue weighted by Gasteiger charge is 2.24. The first-order chi connectivity index (χ1) is 7.72. The third-order valence-corrected chi connectivity index (χ3v) is 3.63. The first-order valence-corrected chi connectivity index (χ1v) is 6.23. The average molecular weight is 235 g/mol. The van der Waals surface area contributed by atoms with Gasteiger partial charge in [-0.3, -0.25) is 0 Å². The molecule has 0 unspecified atom stereocenters. The minimum atomic E-state index is 0.553. The van der Waals surface area contributed by atoms with Crippen molar-refractivity contribution in [2.24, 2.45) is 5.92 Å². The number of thiophene rings is 1. The van der Waals surface area contributed by atoms with Crippen LogP contribution in [0.25, 0.3) is 11.5 Å². The molecule has 0 spiro atoms. The van der Waals surface area contributed by atoms with Crippen LogP contribution in [-0.4, -0.2) is 10.1 Å². The molecule has 0 saturated heterocycles. The molecule has 0 bridgehead atoms. The van der Waals surface area contributed by atoms with Crippen LogP contribution < -0.4 is 5.73 Å². The Morgan fingerprint density at radius 2 is 2.38 bits per heavy atom. The van der Waals surface area contributed by atoms with Crippen LogP contribution in [-0.2, 0) is 6.42 Å². The molecule has 2 heterocycles. The van der Waals surface area contributed by atoms with Crippen molar-refractivity contribution in [3.63, 3.8) is 0 Å². The lowest BCUT2D eigenvalue weighted by Crippen LogP contribution is -1.89. The zero-order chi connectivity index (χ0) is 11.1. The quantitative estimate of drug-likeness (QED) is 0.888. The highest BCUT2D eigenvalue weighted by atomic mass is 32.1. The van der Waals surface area contributed by atoms with Crippen LogP contribution in [0.4, 0.5) is 5.00 Å². The fourth-order valence-corrected chi connectivity index (χ4v) is 2.51. The van der Waals surface area contributed by atoms with E-state index in [0.29, 0.717) is 5.89 Å². The van der Waals surface area contributed by atoms with Gasteiger partial charge in [-0.1, -0.05) is 5.16 Å². The Balaban J connectivity index is 1.87. The number of hydrogen-bond donors (Lipinski definition) is 1. The van der Waals surface area contributed by atoms with E-state index >= 15 is 0 Å². The maximum atomic E-state index is 5.89. The molecule has 4 nitrogen and oxygen atoms in total. The molecule has 0 amide bonds. The Labute approximate surface area is 97.5 Å². The van der Waals surface area contributed by atoms with E-state index in [1.807, 2.05) is 13.0 Å². The molecule has 1 fully saturated rings. The summed E-state index contributed by atoms with van der Waals surface area (Å²) in [6.45, 7) is 2.02. The van der Waals surface area contributed by atoms with Crippen LogP contribution in [0.3, 0.4) is 0 Å². The summed E-state index contributed by atoms with van der Waals surface area (Å²) in [7, 11) is 0. The van der Waals surface area contributed by atoms with Gasteiger partial charge in [-0.05, 0) is 31.7 Å². The molecule has 1 saturated carbocycles. The van der Waals surface area contributed by atoms with E-state index in [9.17, 15) is 0 Å². The Bertz CT molecular complexity index is 513. The van der Waals surface area contributed by atoms with E-state index < -0.39 is 0 Å². The van der Waals surface area contributed by atoms with E-state index in [1.54, 1.807) is 11.3 Å². The van der Waals surface area contributed by atoms with Crippen LogP contribution in [0, 0.1) is 12.8 Å². The second kappa shape index (κ2) is 3.59. The fraction of sp³-hybridized carbons (Fsp3) is 0.455. The molecular weight excluding hydrogens is 222 g/mol. The minimum absolute atomic E-state index is 0.553. The van der Waals surface area contributed by atoms with Crippen LogP contribution in [0.15, 0.2) is 10.6 Å². The summed E-state index contributed by atoms with van der Waals surface area (Å²) >= 11 is 1.55. The van der Waals surface area contributed by atoms with Gasteiger partial charge in [0.1, 0.15) is 0 Å². The topological polar surface area (TPSA) is 64.9 Å². The molecule has 16 heavy (non-hydrogen) atoms. The molecule has 5 heteroatoms. The maximum absolute atomic E-state index is 5.89. The molecule has 2 N–H and O–H groups in total. The second-order valence-corrected chi connectivity index (χ2v) is 5.59. The first kappa shape index (κ1) is 9.84. The summed E-state index contributed by atoms with van der Waals surface area (Å²) < 4.78 is 5.24. The molecule has 0 aliphatic heterocycles. The van der Waals surface area contributed by atoms with E-state index in [2.05, 4.69) is 10.1 Å². The summed E-state index contributed by atoms with van der Waals surface area (Å²) in [6.07, 6.45) is 3.53. The van der Waals surface area contributed by atoms with Crippen LogP contribution >= 0.6 is 11.3 Å². The minimum Gasteiger partial charge on any atom is -0.390 e. The zero-order valence-electron chi connectivity index (χ0n) is 9.06. The van der Waals surface area contributed by atoms with Gasteiger partial charge in [0.05, 0.1) is 10.6 Å². The van der Waals surface area contributed by atoms with Crippen LogP contribution in [0.2, 0.25) is 0 Å². The molecule has 2 aromatic rings. The van der Waals surface area contributed by atoms with Gasteiger partial charge in [0, 0.05) is 11.3 Å². The smallest absolute Gasteiger partial charge is 0.260 e. The van der Waals surface area contributed by atoms with Crippen LogP contribution in [0.1, 0.15) is 23.5 Å². The van der Waals surface area contributed by atoms with Crippen molar-refractivity contribution >= 4 is 16.3 Å². The van der Waals surface area contributed by atoms with Crippen molar-refractivity contribution < 1.29 is 4.52 Å². The highest BCUT2D eigenvalue weighted by Crippen LogP contribution is 2.34. The molecule has 1 aliphatic rings. The van der Waals surface area contributed by atoms with Crippen molar-refractivity contribution in [1.29, 1.82) is 0 Å². The Morgan fingerprint density at radius 1 is 1.56 bits per heavy atom. The molecule has 2 aromatic heterocycles. The Morgan fingerprint density at radius 3 is 3.00 bits per heavy atom. The van der Waals surface area contributed by atoms with Gasteiger partial charge >= 0.3 is 0 Å². The molecule has 0 aromatic carbocycles. The average Bonchev–Trinajstić information content (AvgIpc) is 2.80. The standard InChI is InChI=1S/C11H13N3OS/c1-6-4-8(10(12)16-6)11-13-9(14-15-11)5-7-2-3-7/h4,7H,2-3,5,12H2,1H3. The number of aromatic nitrogens is 2. The highest BCUT2D eigenvalue weighted by molar-refractivity contribution is 7.16. The number of hydrogen-bond acceptors (Lipinski definition) is 5. The normalized spacial score (nSPS) is 15.6. The van der Waals surface area contributed by atoms with E-state index in [-0.39, 0.29) is 0 Å². The van der Waals surface area contributed by atoms with Crippen molar-refractivity contribution in [2.75, 3.05) is 5.73 Å². The summed E-state index contributed by atoms with van der Waals surface area (Å²) in [4.78, 5) is 5.55. The van der Waals surface area contributed by atoms with E-state index in [1.165, 1.54) is 12.8 Å². The number of nitrogens with two attached hydrogens (primary N) is 1. The molecular formula is C11H13N3OS. The first-order valence-electron chi connectivity index (χ1n) is 5.41. The fourth-order valence-electron chi connectivity index (χ4n) is 1.73. The number of nitrogen functional groups attached to an aromatic ring is 1. The van der Waals surface area contributed by atoms with Gasteiger partial charge in [-0.2, -0.15) is 4.98 Å². The van der Waals surface area contributed by atoms with Gasteiger partial charge in [-0.25, -0.2) is 0 Å². The van der Waals surface area contributed by atoms with Gasteiger partial charge in [-0.15, -0.1) is 11.3 Å². The van der Waals surface area contributed by atoms with Gasteiger partial charge in [0.25, 0.3) is 5.89 Å². The molecule has 0 radical (unpaired) electrons. The van der Waals surface area contributed by atoms with Crippen molar-refractivity contribution in [2.45, 2.75) is 26.2 Å². The molecule has 1 aliphatic carbocycles. The number of nitrogens with zero attached hydrogens (tertiary/aromatic N) is 2. The van der Waals surface area contributed by atoms with Gasteiger partial charge < -0.3 is 10.3 Å². The van der Waals surface area contributed by atoms with Crippen LogP contribution in [0.5, 0.6) is 0 Å². The lowest BCUT2D eigenvalue weighted by molar-refractivity contribution is 0.421. The SMILES string of the molecule is Cc1cc(-c2nc(CC3CC3)no2)c(N)s1. The summed E-state index contributed by atoms with van der Waals surface area (Å²) in [6, 6.07) is 1.99. The predicted octanol–water partition coefficient (Wildman–Crippen LogP) is 2.64. The number of rotatable bonds is 3. The van der Waals surface area contributed by atoms with Crippen molar-refractivity contribution in [1.82, 2.24) is 10.1 Å². The summed E-state index contributed by atoms with van der Waals surface area (Å²) in [5, 5.41) is 4.74. The second-order valence-electron chi connectivity index (χ2n) is 4.30. The molecule has 0 atom stereocenters. The zero-order valence-corrected chi connectivity index (χ0v) is 9.88. The largest absolute Gasteiger partial charge is 0.390 e. The maximum Gasteiger partial charge on any atom is 0.260 e. The third-order valence-electron chi connectivity index (χ3n) is 2.75. The lowest BCUT2D eigenvalue weighted by Gasteiger charge is -1.89. The Hall–Kier alpha value is -1.36. The lowest BCUT2D eigenvalue weighted by atomic mass is 10.2.